The average Bonchev–Trinajstić information content (AvgIpc) is 2.55. The lowest BCUT2D eigenvalue weighted by atomic mass is 10.1. The van der Waals surface area contributed by atoms with Gasteiger partial charge < -0.3 is 10.3 Å². The predicted molar refractivity (Wildman–Crippen MR) is 65.1 cm³/mol. The van der Waals surface area contributed by atoms with Gasteiger partial charge in [0, 0.05) is 12.2 Å². The third-order valence-electron chi connectivity index (χ3n) is 2.54. The fraction of sp³-hybridized carbons (Fsp3) is 0.500. The molecule has 0 aliphatic carbocycles. The molecule has 2 aromatic rings. The lowest BCUT2D eigenvalue weighted by molar-refractivity contribution is 0.456. The fourth-order valence-corrected chi connectivity index (χ4v) is 1.87. The molecule has 0 aliphatic heterocycles. The Morgan fingerprint density at radius 3 is 2.62 bits per heavy atom. The highest BCUT2D eigenvalue weighted by Crippen LogP contribution is 2.25. The second-order valence-electron chi connectivity index (χ2n) is 4.97. The van der Waals surface area contributed by atoms with Gasteiger partial charge in [-0.3, -0.25) is 0 Å². The maximum absolute atomic E-state index is 6.15. The lowest BCUT2D eigenvalue weighted by Gasteiger charge is -2.21. The molecule has 0 unspecified atom stereocenters. The van der Waals surface area contributed by atoms with Crippen molar-refractivity contribution < 1.29 is 0 Å². The van der Waals surface area contributed by atoms with Gasteiger partial charge in [0.15, 0.2) is 5.65 Å². The Balaban J connectivity index is 2.78. The monoisotopic (exact) mass is 218 g/mol. The summed E-state index contributed by atoms with van der Waals surface area (Å²) in [5, 5.41) is 0. The molecule has 2 heterocycles. The van der Waals surface area contributed by atoms with Gasteiger partial charge >= 0.3 is 0 Å². The molecule has 0 amide bonds. The van der Waals surface area contributed by atoms with Gasteiger partial charge in [-0.1, -0.05) is 0 Å². The van der Waals surface area contributed by atoms with Gasteiger partial charge in [0.05, 0.1) is 5.54 Å². The third kappa shape index (κ3) is 1.69. The molecule has 16 heavy (non-hydrogen) atoms. The second-order valence-corrected chi connectivity index (χ2v) is 4.97. The normalized spacial score (nSPS) is 12.6. The largest absolute Gasteiger partial charge is 0.319 e. The van der Waals surface area contributed by atoms with E-state index in [2.05, 4.69) is 28.4 Å². The van der Waals surface area contributed by atoms with E-state index < -0.39 is 5.54 Å². The van der Waals surface area contributed by atoms with Crippen LogP contribution in [0.2, 0.25) is 0 Å². The van der Waals surface area contributed by atoms with Gasteiger partial charge in [-0.15, -0.1) is 0 Å². The Labute approximate surface area is 95.5 Å². The van der Waals surface area contributed by atoms with Crippen molar-refractivity contribution in [2.24, 2.45) is 5.73 Å². The summed E-state index contributed by atoms with van der Waals surface area (Å²) in [6.45, 7) is 8.16. The minimum absolute atomic E-state index is 0.303. The molecule has 0 saturated heterocycles. The van der Waals surface area contributed by atoms with E-state index in [0.717, 1.165) is 17.0 Å². The molecule has 2 rings (SSSR count). The Morgan fingerprint density at radius 2 is 2.06 bits per heavy atom. The van der Waals surface area contributed by atoms with E-state index in [4.69, 9.17) is 5.73 Å². The molecule has 4 nitrogen and oxygen atoms in total. The highest BCUT2D eigenvalue weighted by molar-refractivity contribution is 5.71. The molecule has 0 fully saturated rings. The topological polar surface area (TPSA) is 56.7 Å². The zero-order valence-corrected chi connectivity index (χ0v) is 10.2. The van der Waals surface area contributed by atoms with E-state index in [9.17, 15) is 0 Å². The fourth-order valence-electron chi connectivity index (χ4n) is 1.87. The van der Waals surface area contributed by atoms with Crippen molar-refractivity contribution in [1.82, 2.24) is 14.5 Å². The highest BCUT2D eigenvalue weighted by atomic mass is 15.2. The molecular weight excluding hydrogens is 200 g/mol. The summed E-state index contributed by atoms with van der Waals surface area (Å²) in [6, 6.07) is 4.17. The summed E-state index contributed by atoms with van der Waals surface area (Å²) in [7, 11) is 0. The number of nitrogens with two attached hydrogens (primary N) is 1. The Hall–Kier alpha value is -1.42. The minimum Gasteiger partial charge on any atom is -0.319 e. The first-order valence-electron chi connectivity index (χ1n) is 5.53. The zero-order chi connectivity index (χ0) is 11.9. The molecule has 0 bridgehead atoms. The van der Waals surface area contributed by atoms with E-state index in [1.54, 1.807) is 6.20 Å². The van der Waals surface area contributed by atoms with Gasteiger partial charge in [0.25, 0.3) is 0 Å². The van der Waals surface area contributed by atoms with Crippen molar-refractivity contribution in [3.8, 4) is 0 Å². The van der Waals surface area contributed by atoms with Gasteiger partial charge in [-0.05, 0) is 39.8 Å². The first-order chi connectivity index (χ1) is 7.41. The van der Waals surface area contributed by atoms with Crippen molar-refractivity contribution in [2.45, 2.75) is 39.3 Å². The molecule has 86 valence electrons. The summed E-state index contributed by atoms with van der Waals surface area (Å²) >= 11 is 0. The van der Waals surface area contributed by atoms with Crippen LogP contribution in [0.3, 0.4) is 0 Å². The smallest absolute Gasteiger partial charge is 0.160 e. The summed E-state index contributed by atoms with van der Waals surface area (Å²) in [5.74, 6) is 0.885. The predicted octanol–water partition coefficient (Wildman–Crippen LogP) is 2.21. The van der Waals surface area contributed by atoms with E-state index in [1.165, 1.54) is 0 Å². The van der Waals surface area contributed by atoms with Crippen molar-refractivity contribution in [1.29, 1.82) is 0 Å². The van der Waals surface area contributed by atoms with Gasteiger partial charge in [-0.2, -0.15) is 0 Å². The van der Waals surface area contributed by atoms with Crippen LogP contribution in [-0.4, -0.2) is 14.5 Å². The summed E-state index contributed by atoms with van der Waals surface area (Å²) < 4.78 is 2.11. The van der Waals surface area contributed by atoms with Crippen LogP contribution < -0.4 is 5.73 Å². The number of pyridine rings is 1. The van der Waals surface area contributed by atoms with Gasteiger partial charge in [0.1, 0.15) is 11.3 Å². The molecule has 4 heteroatoms. The van der Waals surface area contributed by atoms with E-state index in [-0.39, 0.29) is 0 Å². The molecule has 0 saturated carbocycles. The quantitative estimate of drug-likeness (QED) is 0.840. The number of hydrogen-bond donors (Lipinski definition) is 1. The number of rotatable bonds is 2. The number of fused-ring (bicyclic) bond motifs is 1. The van der Waals surface area contributed by atoms with E-state index >= 15 is 0 Å². The number of nitrogens with zero attached hydrogens (tertiary/aromatic N) is 3. The molecule has 0 aromatic carbocycles. The number of aromatic nitrogens is 3. The summed E-state index contributed by atoms with van der Waals surface area (Å²) in [5.41, 5.74) is 7.51. The van der Waals surface area contributed by atoms with Crippen molar-refractivity contribution in [2.75, 3.05) is 0 Å². The second kappa shape index (κ2) is 3.56. The van der Waals surface area contributed by atoms with Crippen LogP contribution in [0.25, 0.3) is 11.2 Å². The van der Waals surface area contributed by atoms with Crippen molar-refractivity contribution in [3.05, 3.63) is 24.2 Å². The van der Waals surface area contributed by atoms with Crippen molar-refractivity contribution in [3.63, 3.8) is 0 Å². The van der Waals surface area contributed by atoms with Crippen LogP contribution in [0.5, 0.6) is 0 Å². The number of imidazole rings is 1. The first kappa shape index (κ1) is 11.1. The third-order valence-corrected chi connectivity index (χ3v) is 2.54. The van der Waals surface area contributed by atoms with Crippen LogP contribution in [0.15, 0.2) is 18.3 Å². The lowest BCUT2D eigenvalue weighted by Crippen LogP contribution is -2.33. The minimum atomic E-state index is -0.453. The number of hydrogen-bond acceptors (Lipinski definition) is 3. The molecule has 0 atom stereocenters. The Morgan fingerprint density at radius 1 is 1.38 bits per heavy atom. The highest BCUT2D eigenvalue weighted by Gasteiger charge is 2.24. The van der Waals surface area contributed by atoms with Crippen molar-refractivity contribution >= 4 is 11.2 Å². The van der Waals surface area contributed by atoms with Crippen LogP contribution in [0, 0.1) is 0 Å². The molecule has 2 N–H and O–H groups in total. The SMILES string of the molecule is CC(C)n1c(C(C)(C)N)nc2cccnc21. The molecule has 0 aliphatic rings. The van der Waals surface area contributed by atoms with Crippen LogP contribution in [-0.2, 0) is 5.54 Å². The Kier molecular flexibility index (Phi) is 2.46. The van der Waals surface area contributed by atoms with Crippen LogP contribution in [0.4, 0.5) is 0 Å². The summed E-state index contributed by atoms with van der Waals surface area (Å²) in [4.78, 5) is 8.96. The van der Waals surface area contributed by atoms with Gasteiger partial charge in [-0.25, -0.2) is 9.97 Å². The van der Waals surface area contributed by atoms with Crippen LogP contribution >= 0.6 is 0 Å². The standard InChI is InChI=1S/C12H18N4/c1-8(2)16-10-9(6-5-7-14-10)15-11(16)12(3,4)13/h5-8H,13H2,1-4H3. The first-order valence-corrected chi connectivity index (χ1v) is 5.53. The summed E-state index contributed by atoms with van der Waals surface area (Å²) in [6.07, 6.45) is 1.79. The van der Waals surface area contributed by atoms with E-state index in [1.807, 2.05) is 26.0 Å². The maximum Gasteiger partial charge on any atom is 0.160 e. The zero-order valence-electron chi connectivity index (χ0n) is 10.2. The van der Waals surface area contributed by atoms with Gasteiger partial charge in [0.2, 0.25) is 0 Å². The maximum atomic E-state index is 6.15. The molecule has 2 aromatic heterocycles. The molecule has 0 spiro atoms. The van der Waals surface area contributed by atoms with Crippen LogP contribution in [0.1, 0.15) is 39.6 Å². The van der Waals surface area contributed by atoms with E-state index in [0.29, 0.717) is 6.04 Å². The molecule has 0 radical (unpaired) electrons. The molecular formula is C12H18N4. The Bertz CT molecular complexity index is 505. The average molecular weight is 218 g/mol.